The molecule has 4 rings (SSSR count). The van der Waals surface area contributed by atoms with Crippen LogP contribution >= 0.6 is 0 Å². The van der Waals surface area contributed by atoms with Crippen LogP contribution in [0.2, 0.25) is 0 Å². The first-order valence-corrected chi connectivity index (χ1v) is 7.90. The Morgan fingerprint density at radius 3 is 2.05 bits per heavy atom. The van der Waals surface area contributed by atoms with Gasteiger partial charge in [-0.05, 0) is 47.6 Å². The van der Waals surface area contributed by atoms with Gasteiger partial charge < -0.3 is 5.11 Å². The number of hydrogen-bond donors (Lipinski definition) is 2. The van der Waals surface area contributed by atoms with Crippen molar-refractivity contribution in [1.82, 2.24) is 5.32 Å². The lowest BCUT2D eigenvalue weighted by Crippen LogP contribution is -2.68. The van der Waals surface area contributed by atoms with E-state index >= 15 is 0 Å². The van der Waals surface area contributed by atoms with E-state index in [9.17, 15) is 14.7 Å². The van der Waals surface area contributed by atoms with E-state index in [4.69, 9.17) is 0 Å². The second-order valence-corrected chi connectivity index (χ2v) is 7.35. The number of imide groups is 1. The number of carbonyl (C=O) groups is 2. The third-order valence-electron chi connectivity index (χ3n) is 6.41. The van der Waals surface area contributed by atoms with Crippen LogP contribution in [0, 0.1) is 22.7 Å². The molecule has 0 bridgehead atoms. The Kier molecular flexibility index (Phi) is 3.40. The van der Waals surface area contributed by atoms with Crippen LogP contribution in [0.5, 0.6) is 0 Å². The van der Waals surface area contributed by atoms with Crippen molar-refractivity contribution in [2.45, 2.75) is 33.6 Å². The summed E-state index contributed by atoms with van der Waals surface area (Å²) in [4.78, 5) is 21.9. The minimum Gasteiger partial charge on any atom is -0.396 e. The number of aliphatic hydroxyl groups excluding tert-OH is 1. The van der Waals surface area contributed by atoms with E-state index in [1.807, 2.05) is 0 Å². The molecule has 2 amide bonds. The molecule has 3 aliphatic rings. The fraction of sp³-hybridized carbons (Fsp3) is 0.556. The molecule has 2 aliphatic carbocycles. The molecule has 118 valence electrons. The fourth-order valence-corrected chi connectivity index (χ4v) is 4.68. The van der Waals surface area contributed by atoms with Crippen LogP contribution in [0.25, 0.3) is 0 Å². The highest BCUT2D eigenvalue weighted by atomic mass is 16.3. The van der Waals surface area contributed by atoms with Crippen molar-refractivity contribution in [3.63, 3.8) is 0 Å². The summed E-state index contributed by atoms with van der Waals surface area (Å²) in [6.45, 7) is 7.40. The molecule has 0 spiro atoms. The smallest absolute Gasteiger partial charge is 0.258 e. The maximum Gasteiger partial charge on any atom is 0.258 e. The number of hydrogen-bond acceptors (Lipinski definition) is 3. The summed E-state index contributed by atoms with van der Waals surface area (Å²) in [5.74, 6) is 0.935. The summed E-state index contributed by atoms with van der Waals surface area (Å²) in [5, 5.41) is 11.5. The highest BCUT2D eigenvalue weighted by Gasteiger charge is 2.68. The van der Waals surface area contributed by atoms with E-state index in [2.05, 4.69) is 26.1 Å². The second-order valence-electron chi connectivity index (χ2n) is 7.35. The van der Waals surface area contributed by atoms with Gasteiger partial charge in [0.05, 0.1) is 11.1 Å². The van der Waals surface area contributed by atoms with Crippen molar-refractivity contribution in [2.75, 3.05) is 6.61 Å². The van der Waals surface area contributed by atoms with Crippen LogP contribution in [0.4, 0.5) is 0 Å². The Hall–Kier alpha value is -1.68. The van der Waals surface area contributed by atoms with E-state index in [0.29, 0.717) is 28.6 Å². The maximum atomic E-state index is 10.9. The largest absolute Gasteiger partial charge is 0.396 e. The van der Waals surface area contributed by atoms with Crippen molar-refractivity contribution in [1.29, 1.82) is 0 Å². The predicted octanol–water partition coefficient (Wildman–Crippen LogP) is 2.62. The lowest BCUT2D eigenvalue weighted by molar-refractivity contribution is -0.260. The van der Waals surface area contributed by atoms with Crippen LogP contribution in [0.3, 0.4) is 0 Å². The van der Waals surface area contributed by atoms with Crippen LogP contribution in [0.1, 0.15) is 54.3 Å². The number of nitrogens with one attached hydrogen (secondary N) is 1. The van der Waals surface area contributed by atoms with Gasteiger partial charge in [-0.25, -0.2) is 0 Å². The lowest BCUT2D eigenvalue weighted by atomic mass is 9.32. The molecule has 4 heteroatoms. The van der Waals surface area contributed by atoms with Gasteiger partial charge in [0.2, 0.25) is 0 Å². The number of aliphatic hydroxyl groups is 1. The molecular weight excluding hydrogens is 278 g/mol. The van der Waals surface area contributed by atoms with E-state index in [-0.39, 0.29) is 11.8 Å². The van der Waals surface area contributed by atoms with E-state index < -0.39 is 0 Å². The molecule has 1 aromatic carbocycles. The van der Waals surface area contributed by atoms with Gasteiger partial charge in [0.1, 0.15) is 0 Å². The van der Waals surface area contributed by atoms with Crippen LogP contribution in [0.15, 0.2) is 24.3 Å². The minimum atomic E-state index is -0.300. The highest BCUT2D eigenvalue weighted by molar-refractivity contribution is 6.21. The molecule has 2 N–H and O–H groups in total. The third-order valence-corrected chi connectivity index (χ3v) is 6.41. The van der Waals surface area contributed by atoms with Gasteiger partial charge in [0.25, 0.3) is 11.8 Å². The van der Waals surface area contributed by atoms with Gasteiger partial charge in [-0.2, -0.15) is 0 Å². The summed E-state index contributed by atoms with van der Waals surface area (Å²) in [7, 11) is 0. The molecule has 0 aromatic heterocycles. The Balaban J connectivity index is 0.000000131. The Morgan fingerprint density at radius 1 is 1.18 bits per heavy atom. The Morgan fingerprint density at radius 2 is 1.73 bits per heavy atom. The topological polar surface area (TPSA) is 66.4 Å². The molecule has 0 radical (unpaired) electrons. The molecule has 1 aromatic rings. The summed E-state index contributed by atoms with van der Waals surface area (Å²) in [6.07, 6.45) is 2.61. The normalized spacial score (nSPS) is 33.5. The van der Waals surface area contributed by atoms with Gasteiger partial charge in [0.15, 0.2) is 0 Å². The summed E-state index contributed by atoms with van der Waals surface area (Å²) >= 11 is 0. The van der Waals surface area contributed by atoms with Crippen molar-refractivity contribution in [3.05, 3.63) is 35.4 Å². The van der Waals surface area contributed by atoms with E-state index in [0.717, 1.165) is 11.8 Å². The van der Waals surface area contributed by atoms with Crippen molar-refractivity contribution < 1.29 is 14.7 Å². The quantitative estimate of drug-likeness (QED) is 0.784. The number of fused-ring (bicyclic) bond motifs is 2. The van der Waals surface area contributed by atoms with Gasteiger partial charge in [-0.1, -0.05) is 32.9 Å². The van der Waals surface area contributed by atoms with Crippen LogP contribution in [-0.4, -0.2) is 23.5 Å². The first kappa shape index (κ1) is 15.2. The highest BCUT2D eigenvalue weighted by Crippen LogP contribution is 2.73. The van der Waals surface area contributed by atoms with Gasteiger partial charge >= 0.3 is 0 Å². The SMILES string of the molecule is C[C@H]1C(C)(C)[C@@H]2CCC12CO.O=C1NC(=O)c2ccccc21. The van der Waals surface area contributed by atoms with Crippen LogP contribution < -0.4 is 5.32 Å². The van der Waals surface area contributed by atoms with Crippen molar-refractivity contribution in [2.24, 2.45) is 22.7 Å². The summed E-state index contributed by atoms with van der Waals surface area (Å²) in [6, 6.07) is 6.74. The predicted molar refractivity (Wildman–Crippen MR) is 83.4 cm³/mol. The minimum absolute atomic E-state index is 0.300. The summed E-state index contributed by atoms with van der Waals surface area (Å²) in [5.41, 5.74) is 1.79. The van der Waals surface area contributed by atoms with Gasteiger partial charge in [0, 0.05) is 6.61 Å². The first-order chi connectivity index (χ1) is 10.3. The number of carbonyl (C=O) groups excluding carboxylic acids is 2. The maximum absolute atomic E-state index is 10.9. The van der Waals surface area contributed by atoms with Gasteiger partial charge in [-0.3, -0.25) is 14.9 Å². The van der Waals surface area contributed by atoms with Crippen molar-refractivity contribution in [3.8, 4) is 0 Å². The average molecular weight is 301 g/mol. The van der Waals surface area contributed by atoms with E-state index in [1.54, 1.807) is 24.3 Å². The molecule has 22 heavy (non-hydrogen) atoms. The average Bonchev–Trinajstić information content (AvgIpc) is 2.75. The molecule has 4 nitrogen and oxygen atoms in total. The Labute approximate surface area is 130 Å². The fourth-order valence-electron chi connectivity index (χ4n) is 4.68. The van der Waals surface area contributed by atoms with E-state index in [1.165, 1.54) is 12.8 Å². The Bertz CT molecular complexity index is 590. The van der Waals surface area contributed by atoms with Crippen molar-refractivity contribution >= 4 is 11.8 Å². The zero-order valence-corrected chi connectivity index (χ0v) is 13.3. The first-order valence-electron chi connectivity index (χ1n) is 7.90. The number of amides is 2. The molecule has 1 unspecified atom stereocenters. The molecular formula is C18H23NO3. The standard InChI is InChI=1S/C10H18O.C8H5NO2/c1-7-9(2,3)8-4-5-10(7,8)6-11;10-7-5-3-1-2-4-6(5)8(11)9-7/h7-8,11H,4-6H2,1-3H3;1-4H,(H,9,10,11)/t7-,8-,10?;/m0./s1. The molecule has 2 saturated carbocycles. The molecule has 3 atom stereocenters. The van der Waals surface area contributed by atoms with Crippen LogP contribution in [-0.2, 0) is 0 Å². The summed E-state index contributed by atoms with van der Waals surface area (Å²) < 4.78 is 0. The molecule has 0 saturated heterocycles. The second kappa shape index (κ2) is 4.92. The number of benzene rings is 1. The molecule has 1 aliphatic heterocycles. The monoisotopic (exact) mass is 301 g/mol. The zero-order chi connectivity index (χ0) is 16.1. The lowest BCUT2D eigenvalue weighted by Gasteiger charge is -2.72. The third kappa shape index (κ3) is 1.86. The zero-order valence-electron chi connectivity index (χ0n) is 13.3. The molecule has 1 heterocycles. The number of rotatable bonds is 1. The molecule has 2 fully saturated rings. The van der Waals surface area contributed by atoms with Gasteiger partial charge in [-0.15, -0.1) is 0 Å².